The normalized spacial score (nSPS) is 11.4. The van der Waals surface area contributed by atoms with E-state index in [9.17, 15) is 4.79 Å². The Morgan fingerprint density at radius 3 is 2.48 bits per heavy atom. The molecule has 5 heteroatoms. The number of anilines is 1. The fraction of sp³-hybridized carbons (Fsp3) is 0.222. The zero-order chi connectivity index (χ0) is 16.4. The average Bonchev–Trinajstić information content (AvgIpc) is 2.98. The smallest absolute Gasteiger partial charge is 0.412 e. The van der Waals surface area contributed by atoms with Crippen LogP contribution in [-0.2, 0) is 4.74 Å². The van der Waals surface area contributed by atoms with E-state index in [0.29, 0.717) is 0 Å². The van der Waals surface area contributed by atoms with E-state index < -0.39 is 11.7 Å². The maximum atomic E-state index is 12.1. The van der Waals surface area contributed by atoms with E-state index >= 15 is 0 Å². The molecule has 1 aromatic heterocycles. The maximum Gasteiger partial charge on any atom is 0.412 e. The number of carbonyl (C=O) groups is 1. The van der Waals surface area contributed by atoms with Gasteiger partial charge in [0, 0.05) is 11.8 Å². The lowest BCUT2D eigenvalue weighted by Crippen LogP contribution is -2.27. The monoisotopic (exact) mass is 326 g/mol. The van der Waals surface area contributed by atoms with Crippen LogP contribution in [0.2, 0.25) is 0 Å². The number of hydrogen-bond acceptors (Lipinski definition) is 4. The molecule has 1 amide bonds. The molecule has 23 heavy (non-hydrogen) atoms. The third-order valence-electron chi connectivity index (χ3n) is 3.22. The zero-order valence-electron chi connectivity index (χ0n) is 13.3. The van der Waals surface area contributed by atoms with Crippen molar-refractivity contribution < 1.29 is 9.53 Å². The highest BCUT2D eigenvalue weighted by Crippen LogP contribution is 2.34. The van der Waals surface area contributed by atoms with E-state index in [1.165, 1.54) is 11.3 Å². The first-order valence-corrected chi connectivity index (χ1v) is 8.22. The molecule has 0 saturated heterocycles. The molecular formula is C18H18N2O2S. The second-order valence-corrected chi connectivity index (χ2v) is 7.12. The summed E-state index contributed by atoms with van der Waals surface area (Å²) in [5, 5.41) is 5.04. The van der Waals surface area contributed by atoms with E-state index in [-0.39, 0.29) is 0 Å². The topological polar surface area (TPSA) is 51.2 Å². The first-order valence-electron chi connectivity index (χ1n) is 7.34. The second-order valence-electron chi connectivity index (χ2n) is 6.24. The molecule has 2 aromatic carbocycles. The van der Waals surface area contributed by atoms with Crippen LogP contribution < -0.4 is 5.32 Å². The summed E-state index contributed by atoms with van der Waals surface area (Å²) in [5.41, 5.74) is 2.91. The number of carbonyl (C=O) groups excluding carboxylic acids is 1. The number of hydrogen-bond donors (Lipinski definition) is 1. The van der Waals surface area contributed by atoms with Crippen LogP contribution in [0, 0.1) is 0 Å². The van der Waals surface area contributed by atoms with Gasteiger partial charge in [-0.25, -0.2) is 4.79 Å². The predicted octanol–water partition coefficient (Wildman–Crippen LogP) is 5.31. The first kappa shape index (κ1) is 15.5. The van der Waals surface area contributed by atoms with Gasteiger partial charge in [0.25, 0.3) is 0 Å². The summed E-state index contributed by atoms with van der Waals surface area (Å²) in [6.45, 7) is 5.53. The van der Waals surface area contributed by atoms with Gasteiger partial charge in [-0.3, -0.25) is 10.3 Å². The van der Waals surface area contributed by atoms with Crippen molar-refractivity contribution in [1.29, 1.82) is 0 Å². The molecule has 0 aliphatic rings. The molecule has 0 saturated carbocycles. The van der Waals surface area contributed by atoms with Crippen molar-refractivity contribution in [3.8, 4) is 10.4 Å². The van der Waals surface area contributed by atoms with Crippen molar-refractivity contribution in [3.05, 3.63) is 48.1 Å². The predicted molar refractivity (Wildman–Crippen MR) is 94.9 cm³/mol. The van der Waals surface area contributed by atoms with Gasteiger partial charge in [-0.2, -0.15) is 0 Å². The summed E-state index contributed by atoms with van der Waals surface area (Å²) in [7, 11) is 0. The quantitative estimate of drug-likeness (QED) is 0.694. The van der Waals surface area contributed by atoms with E-state index in [4.69, 9.17) is 4.74 Å². The molecule has 1 N–H and O–H groups in total. The minimum absolute atomic E-state index is 0.460. The summed E-state index contributed by atoms with van der Waals surface area (Å²) in [6.07, 6.45) is 1.34. The zero-order valence-corrected chi connectivity index (χ0v) is 14.1. The fourth-order valence-electron chi connectivity index (χ4n) is 2.31. The summed E-state index contributed by atoms with van der Waals surface area (Å²) < 4.78 is 5.36. The number of ether oxygens (including phenoxy) is 1. The van der Waals surface area contributed by atoms with Crippen LogP contribution in [-0.4, -0.2) is 16.7 Å². The van der Waals surface area contributed by atoms with Crippen LogP contribution in [0.5, 0.6) is 0 Å². The van der Waals surface area contributed by atoms with Gasteiger partial charge < -0.3 is 4.74 Å². The molecular weight excluding hydrogens is 308 g/mol. The number of fused-ring (bicyclic) bond motifs is 1. The molecule has 0 atom stereocenters. The van der Waals surface area contributed by atoms with Gasteiger partial charge in [0.2, 0.25) is 0 Å². The molecule has 1 heterocycles. The summed E-state index contributed by atoms with van der Waals surface area (Å²) >= 11 is 1.54. The van der Waals surface area contributed by atoms with Gasteiger partial charge in [0.05, 0.1) is 16.1 Å². The number of benzene rings is 2. The Kier molecular flexibility index (Phi) is 4.05. The third kappa shape index (κ3) is 3.68. The molecule has 3 rings (SSSR count). The van der Waals surface area contributed by atoms with Crippen molar-refractivity contribution >= 4 is 33.9 Å². The number of nitrogens with one attached hydrogen (secondary N) is 1. The first-order chi connectivity index (χ1) is 10.9. The van der Waals surface area contributed by atoms with Crippen LogP contribution in [0.25, 0.3) is 21.2 Å². The molecule has 3 aromatic rings. The van der Waals surface area contributed by atoms with Gasteiger partial charge in [-0.15, -0.1) is 11.3 Å². The molecule has 0 aliphatic heterocycles. The van der Waals surface area contributed by atoms with Gasteiger partial charge in [0.15, 0.2) is 0 Å². The standard InChI is InChI=1S/C18H18N2O2S/c1-18(2,3)22-17(21)20-15-9-13-7-5-4-6-12(13)8-14(15)16-10-19-11-23-16/h4-11H,1-3H3,(H,20,21). The van der Waals surface area contributed by atoms with E-state index in [0.717, 1.165) is 26.9 Å². The van der Waals surface area contributed by atoms with Crippen molar-refractivity contribution in [3.63, 3.8) is 0 Å². The number of aromatic nitrogens is 1. The minimum Gasteiger partial charge on any atom is -0.444 e. The van der Waals surface area contributed by atoms with E-state index in [1.54, 1.807) is 11.7 Å². The van der Waals surface area contributed by atoms with Crippen LogP contribution in [0.15, 0.2) is 48.1 Å². The van der Waals surface area contributed by atoms with Gasteiger partial charge in [-0.05, 0) is 43.7 Å². The van der Waals surface area contributed by atoms with Crippen LogP contribution >= 0.6 is 11.3 Å². The minimum atomic E-state index is -0.536. The molecule has 0 radical (unpaired) electrons. The van der Waals surface area contributed by atoms with Gasteiger partial charge >= 0.3 is 6.09 Å². The molecule has 0 unspecified atom stereocenters. The van der Waals surface area contributed by atoms with Crippen molar-refractivity contribution in [2.24, 2.45) is 0 Å². The lowest BCUT2D eigenvalue weighted by molar-refractivity contribution is 0.0636. The lowest BCUT2D eigenvalue weighted by atomic mass is 10.0. The SMILES string of the molecule is CC(C)(C)OC(=O)Nc1cc2ccccc2cc1-c1cncs1. The molecule has 4 nitrogen and oxygen atoms in total. The maximum absolute atomic E-state index is 12.1. The van der Waals surface area contributed by atoms with Crippen LogP contribution in [0.4, 0.5) is 10.5 Å². The lowest BCUT2D eigenvalue weighted by Gasteiger charge is -2.20. The van der Waals surface area contributed by atoms with Crippen molar-refractivity contribution in [2.75, 3.05) is 5.32 Å². The average molecular weight is 326 g/mol. The van der Waals surface area contributed by atoms with Gasteiger partial charge in [-0.1, -0.05) is 24.3 Å². The third-order valence-corrected chi connectivity index (χ3v) is 4.03. The summed E-state index contributed by atoms with van der Waals surface area (Å²) in [4.78, 5) is 17.3. The van der Waals surface area contributed by atoms with Crippen LogP contribution in [0.1, 0.15) is 20.8 Å². The Morgan fingerprint density at radius 2 is 1.87 bits per heavy atom. The molecule has 0 fully saturated rings. The Morgan fingerprint density at radius 1 is 1.17 bits per heavy atom. The highest BCUT2D eigenvalue weighted by Gasteiger charge is 2.18. The number of rotatable bonds is 2. The fourth-order valence-corrected chi connectivity index (χ4v) is 2.96. The summed E-state index contributed by atoms with van der Waals surface area (Å²) in [6, 6.07) is 12.1. The van der Waals surface area contributed by atoms with E-state index in [1.807, 2.05) is 45.0 Å². The van der Waals surface area contributed by atoms with Crippen LogP contribution in [0.3, 0.4) is 0 Å². The molecule has 0 bridgehead atoms. The number of thiazole rings is 1. The second kappa shape index (κ2) is 6.01. The van der Waals surface area contributed by atoms with Crippen molar-refractivity contribution in [1.82, 2.24) is 4.98 Å². The Labute approximate surface area is 139 Å². The number of nitrogens with zero attached hydrogens (tertiary/aromatic N) is 1. The highest BCUT2D eigenvalue weighted by molar-refractivity contribution is 7.13. The Bertz CT molecular complexity index is 836. The molecule has 0 aliphatic carbocycles. The van der Waals surface area contributed by atoms with Gasteiger partial charge in [0.1, 0.15) is 5.60 Å². The molecule has 118 valence electrons. The summed E-state index contributed by atoms with van der Waals surface area (Å²) in [5.74, 6) is 0. The highest BCUT2D eigenvalue weighted by atomic mass is 32.1. The molecule has 0 spiro atoms. The van der Waals surface area contributed by atoms with Crippen molar-refractivity contribution in [2.45, 2.75) is 26.4 Å². The van der Waals surface area contributed by atoms with E-state index in [2.05, 4.69) is 22.4 Å². The Balaban J connectivity index is 2.03. The number of amides is 1. The largest absolute Gasteiger partial charge is 0.444 e. The Hall–Kier alpha value is -2.40.